The van der Waals surface area contributed by atoms with Crippen LogP contribution in [0.2, 0.25) is 5.02 Å². The first-order valence-electron chi connectivity index (χ1n) is 4.48. The van der Waals surface area contributed by atoms with Crippen molar-refractivity contribution in [2.75, 3.05) is 13.2 Å². The van der Waals surface area contributed by atoms with Crippen molar-refractivity contribution in [1.29, 1.82) is 0 Å². The second-order valence-electron chi connectivity index (χ2n) is 2.94. The van der Waals surface area contributed by atoms with Gasteiger partial charge in [0.1, 0.15) is 10.7 Å². The zero-order valence-electron chi connectivity index (χ0n) is 8.07. The number of hydrogen-bond acceptors (Lipinski definition) is 3. The quantitative estimate of drug-likeness (QED) is 0.613. The fraction of sp³-hybridized carbons (Fsp3) is 0.300. The van der Waals surface area contributed by atoms with E-state index >= 15 is 0 Å². The van der Waals surface area contributed by atoms with Crippen LogP contribution in [0.5, 0.6) is 5.75 Å². The van der Waals surface area contributed by atoms with Gasteiger partial charge in [0.25, 0.3) is 0 Å². The van der Waals surface area contributed by atoms with Gasteiger partial charge in [0.05, 0.1) is 11.6 Å². The third-order valence-electron chi connectivity index (χ3n) is 1.78. The Bertz CT molecular complexity index is 357. The van der Waals surface area contributed by atoms with Gasteiger partial charge in [-0.05, 0) is 18.2 Å². The second-order valence-corrected chi connectivity index (χ2v) is 3.78. The van der Waals surface area contributed by atoms with Crippen LogP contribution in [0.3, 0.4) is 0 Å². The average molecular weight is 246 g/mol. The molecule has 0 atom stereocenters. The van der Waals surface area contributed by atoms with Crippen LogP contribution in [0.25, 0.3) is 0 Å². The van der Waals surface area contributed by atoms with Crippen molar-refractivity contribution >= 4 is 28.8 Å². The summed E-state index contributed by atoms with van der Waals surface area (Å²) >= 11 is 10.8. The average Bonchev–Trinajstić information content (AvgIpc) is 2.20. The predicted octanol–water partition coefficient (Wildman–Crippen LogP) is 1.74. The van der Waals surface area contributed by atoms with Crippen LogP contribution >= 0.6 is 23.8 Å². The Kier molecular flexibility index (Phi) is 4.81. The minimum absolute atomic E-state index is 0.0998. The molecule has 0 aromatic heterocycles. The molecular formula is C10H12ClNO2S. The Balaban J connectivity index is 2.70. The third kappa shape index (κ3) is 3.66. The molecule has 0 aliphatic rings. The number of aliphatic hydroxyl groups is 1. The molecule has 3 N–H and O–H groups in total. The highest BCUT2D eigenvalue weighted by atomic mass is 35.5. The zero-order chi connectivity index (χ0) is 11.3. The van der Waals surface area contributed by atoms with E-state index in [-0.39, 0.29) is 6.61 Å². The molecule has 0 spiro atoms. The molecular weight excluding hydrogens is 234 g/mol. The van der Waals surface area contributed by atoms with Gasteiger partial charge in [0.15, 0.2) is 0 Å². The minimum atomic E-state index is 0.0998. The Morgan fingerprint density at radius 3 is 2.80 bits per heavy atom. The highest BCUT2D eigenvalue weighted by Crippen LogP contribution is 2.25. The Morgan fingerprint density at radius 2 is 2.27 bits per heavy atom. The fourth-order valence-electron chi connectivity index (χ4n) is 1.02. The first-order valence-corrected chi connectivity index (χ1v) is 5.27. The number of hydrogen-bond donors (Lipinski definition) is 2. The number of ether oxygens (including phenoxy) is 1. The van der Waals surface area contributed by atoms with Crippen molar-refractivity contribution in [2.45, 2.75) is 6.42 Å². The molecule has 1 aromatic rings. The van der Waals surface area contributed by atoms with Crippen LogP contribution in [0, 0.1) is 0 Å². The molecule has 0 aliphatic carbocycles. The number of rotatable bonds is 5. The van der Waals surface area contributed by atoms with Gasteiger partial charge in [-0.15, -0.1) is 0 Å². The summed E-state index contributed by atoms with van der Waals surface area (Å²) in [7, 11) is 0. The molecule has 1 rings (SSSR count). The molecule has 1 aromatic carbocycles. The molecule has 82 valence electrons. The van der Waals surface area contributed by atoms with Crippen LogP contribution in [-0.4, -0.2) is 23.3 Å². The summed E-state index contributed by atoms with van der Waals surface area (Å²) in [5.74, 6) is 0.574. The van der Waals surface area contributed by atoms with Gasteiger partial charge in [-0.3, -0.25) is 0 Å². The van der Waals surface area contributed by atoms with Gasteiger partial charge in [-0.2, -0.15) is 0 Å². The molecule has 0 radical (unpaired) electrons. The normalized spacial score (nSPS) is 10.0. The summed E-state index contributed by atoms with van der Waals surface area (Å²) in [6.45, 7) is 0.533. The monoisotopic (exact) mass is 245 g/mol. The lowest BCUT2D eigenvalue weighted by Gasteiger charge is -2.08. The van der Waals surface area contributed by atoms with Crippen LogP contribution < -0.4 is 10.5 Å². The Hall–Kier alpha value is -0.840. The topological polar surface area (TPSA) is 55.5 Å². The first-order chi connectivity index (χ1) is 7.15. The number of benzene rings is 1. The molecule has 0 bridgehead atoms. The van der Waals surface area contributed by atoms with Gasteiger partial charge >= 0.3 is 0 Å². The number of nitrogens with two attached hydrogens (primary N) is 1. The van der Waals surface area contributed by atoms with Crippen LogP contribution in [0.4, 0.5) is 0 Å². The molecule has 0 saturated carbocycles. The summed E-state index contributed by atoms with van der Waals surface area (Å²) < 4.78 is 5.34. The summed E-state index contributed by atoms with van der Waals surface area (Å²) in [6, 6.07) is 5.13. The molecule has 0 fully saturated rings. The smallest absolute Gasteiger partial charge is 0.137 e. The van der Waals surface area contributed by atoms with E-state index in [1.165, 1.54) is 0 Å². The zero-order valence-corrected chi connectivity index (χ0v) is 9.64. The van der Waals surface area contributed by atoms with Crippen LogP contribution in [0.15, 0.2) is 18.2 Å². The molecule has 0 unspecified atom stereocenters. The van der Waals surface area contributed by atoms with Crippen LogP contribution in [0.1, 0.15) is 12.0 Å². The van der Waals surface area contributed by atoms with Crippen molar-refractivity contribution < 1.29 is 9.84 Å². The summed E-state index contributed by atoms with van der Waals surface area (Å²) in [4.78, 5) is 0.304. The van der Waals surface area contributed by atoms with E-state index in [2.05, 4.69) is 0 Å². The third-order valence-corrected chi connectivity index (χ3v) is 2.31. The summed E-state index contributed by atoms with van der Waals surface area (Å²) in [5.41, 5.74) is 6.17. The highest BCUT2D eigenvalue weighted by molar-refractivity contribution is 7.80. The molecule has 0 amide bonds. The van der Waals surface area contributed by atoms with E-state index in [4.69, 9.17) is 39.4 Å². The maximum atomic E-state index is 8.58. The summed E-state index contributed by atoms with van der Waals surface area (Å²) in [5, 5.41) is 9.05. The van der Waals surface area contributed by atoms with E-state index in [0.717, 1.165) is 0 Å². The molecule has 3 nitrogen and oxygen atoms in total. The lowest BCUT2D eigenvalue weighted by Crippen LogP contribution is -2.09. The molecule has 0 aliphatic heterocycles. The van der Waals surface area contributed by atoms with Crippen molar-refractivity contribution in [2.24, 2.45) is 5.73 Å². The number of aliphatic hydroxyl groups excluding tert-OH is 1. The largest absolute Gasteiger partial charge is 0.492 e. The van der Waals surface area contributed by atoms with Crippen molar-refractivity contribution in [3.8, 4) is 5.75 Å². The lowest BCUT2D eigenvalue weighted by molar-refractivity contribution is 0.233. The molecule has 0 heterocycles. The number of halogens is 1. The van der Waals surface area contributed by atoms with Crippen molar-refractivity contribution in [3.63, 3.8) is 0 Å². The highest BCUT2D eigenvalue weighted by Gasteiger charge is 2.04. The molecule has 5 heteroatoms. The van der Waals surface area contributed by atoms with Gasteiger partial charge in [0.2, 0.25) is 0 Å². The van der Waals surface area contributed by atoms with E-state index in [1.54, 1.807) is 18.2 Å². The standard InChI is InChI=1S/C10H12ClNO2S/c11-8-6-7(10(12)15)2-3-9(8)14-5-1-4-13/h2-3,6,13H,1,4-5H2,(H2,12,15). The fourth-order valence-corrected chi connectivity index (χ4v) is 1.38. The predicted molar refractivity (Wildman–Crippen MR) is 64.5 cm³/mol. The first kappa shape index (κ1) is 12.2. The van der Waals surface area contributed by atoms with Gasteiger partial charge < -0.3 is 15.6 Å². The van der Waals surface area contributed by atoms with E-state index in [0.29, 0.717) is 34.4 Å². The van der Waals surface area contributed by atoms with Crippen molar-refractivity contribution in [3.05, 3.63) is 28.8 Å². The Morgan fingerprint density at radius 1 is 1.53 bits per heavy atom. The summed E-state index contributed by atoms with van der Waals surface area (Å²) in [6.07, 6.45) is 0.577. The SMILES string of the molecule is NC(=S)c1ccc(OCCCO)c(Cl)c1. The van der Waals surface area contributed by atoms with E-state index in [1.807, 2.05) is 0 Å². The maximum absolute atomic E-state index is 8.58. The van der Waals surface area contributed by atoms with Gasteiger partial charge in [0, 0.05) is 18.6 Å². The Labute approximate surface area is 98.8 Å². The van der Waals surface area contributed by atoms with Gasteiger partial charge in [-0.1, -0.05) is 23.8 Å². The van der Waals surface area contributed by atoms with Crippen molar-refractivity contribution in [1.82, 2.24) is 0 Å². The molecule has 0 saturated heterocycles. The lowest BCUT2D eigenvalue weighted by atomic mass is 10.2. The van der Waals surface area contributed by atoms with E-state index < -0.39 is 0 Å². The van der Waals surface area contributed by atoms with E-state index in [9.17, 15) is 0 Å². The maximum Gasteiger partial charge on any atom is 0.137 e. The number of thiocarbonyl (C=S) groups is 1. The van der Waals surface area contributed by atoms with Gasteiger partial charge in [-0.25, -0.2) is 0 Å². The molecule has 15 heavy (non-hydrogen) atoms. The van der Waals surface area contributed by atoms with Crippen LogP contribution in [-0.2, 0) is 0 Å². The second kappa shape index (κ2) is 5.90. The minimum Gasteiger partial charge on any atom is -0.492 e.